The third-order valence-electron chi connectivity index (χ3n) is 1.74. The molecule has 0 unspecified atom stereocenters. The summed E-state index contributed by atoms with van der Waals surface area (Å²) in [5, 5.41) is 3.10. The molecule has 0 aromatic heterocycles. The first kappa shape index (κ1) is 13.8. The van der Waals surface area contributed by atoms with Gasteiger partial charge in [0, 0.05) is 13.1 Å². The molecular weight excluding hydrogens is 204 g/mol. The quantitative estimate of drug-likeness (QED) is 0.454. The summed E-state index contributed by atoms with van der Waals surface area (Å²) < 4.78 is 30.0. The molecule has 0 fully saturated rings. The summed E-state index contributed by atoms with van der Waals surface area (Å²) in [7, 11) is -3.88. The zero-order valence-electron chi connectivity index (χ0n) is 8.86. The fraction of sp³-hybridized carbons (Fsp3) is 1.00. The van der Waals surface area contributed by atoms with Crippen molar-refractivity contribution >= 4 is 10.1 Å². The van der Waals surface area contributed by atoms with Gasteiger partial charge in [0.25, 0.3) is 10.1 Å². The molecule has 0 spiro atoms. The molecule has 0 heterocycles. The lowest BCUT2D eigenvalue weighted by Crippen LogP contribution is -2.36. The van der Waals surface area contributed by atoms with E-state index in [1.54, 1.807) is 4.90 Å². The van der Waals surface area contributed by atoms with Crippen molar-refractivity contribution in [1.82, 2.24) is 10.2 Å². The highest BCUT2D eigenvalue weighted by Crippen LogP contribution is 1.94. The Bertz CT molecular complexity index is 229. The fourth-order valence-electron chi connectivity index (χ4n) is 1.20. The molecule has 86 valence electrons. The van der Waals surface area contributed by atoms with Crippen LogP contribution in [0, 0.1) is 0 Å². The molecule has 0 rings (SSSR count). The molecule has 0 saturated heterocycles. The van der Waals surface area contributed by atoms with E-state index in [2.05, 4.69) is 5.32 Å². The van der Waals surface area contributed by atoms with E-state index in [0.717, 1.165) is 19.5 Å². The summed E-state index contributed by atoms with van der Waals surface area (Å²) in [4.78, 5) is 1.72. The Morgan fingerprint density at radius 3 is 2.36 bits per heavy atom. The maximum absolute atomic E-state index is 10.6. The topological polar surface area (TPSA) is 69.6 Å². The molecule has 5 nitrogen and oxygen atoms in total. The highest BCUT2D eigenvalue weighted by Gasteiger charge is 2.11. The van der Waals surface area contributed by atoms with E-state index < -0.39 is 10.1 Å². The average Bonchev–Trinajstić information content (AvgIpc) is 2.02. The fourth-order valence-corrected chi connectivity index (χ4v) is 1.92. The van der Waals surface area contributed by atoms with E-state index in [4.69, 9.17) is 4.55 Å². The number of likely N-dealkylation sites (N-methyl/N-ethyl adjacent to an activating group) is 1. The van der Waals surface area contributed by atoms with Crippen LogP contribution in [0.3, 0.4) is 0 Å². The molecule has 0 aliphatic rings. The van der Waals surface area contributed by atoms with E-state index in [0.29, 0.717) is 13.1 Å². The van der Waals surface area contributed by atoms with Crippen molar-refractivity contribution < 1.29 is 13.0 Å². The smallest absolute Gasteiger partial charge is 0.278 e. The molecule has 0 radical (unpaired) electrons. The molecule has 0 saturated carbocycles. The van der Waals surface area contributed by atoms with Gasteiger partial charge in [-0.05, 0) is 19.5 Å². The van der Waals surface area contributed by atoms with Gasteiger partial charge in [-0.3, -0.25) is 9.45 Å². The van der Waals surface area contributed by atoms with Crippen molar-refractivity contribution in [2.24, 2.45) is 0 Å². The molecule has 14 heavy (non-hydrogen) atoms. The second kappa shape index (κ2) is 7.17. The molecule has 0 aromatic carbocycles. The largest absolute Gasteiger partial charge is 0.316 e. The van der Waals surface area contributed by atoms with E-state index in [9.17, 15) is 8.42 Å². The zero-order valence-corrected chi connectivity index (χ0v) is 9.68. The molecule has 0 aliphatic carbocycles. The standard InChI is InChI=1S/C8H20N2O3S/c1-3-6-10(7-5-9-4-2)8-14(11,12)13/h9H,3-8H2,1-2H3,(H,11,12,13). The zero-order chi connectivity index (χ0) is 11.0. The maximum atomic E-state index is 10.6. The highest BCUT2D eigenvalue weighted by molar-refractivity contribution is 7.85. The molecule has 0 aromatic rings. The third-order valence-corrected chi connectivity index (χ3v) is 2.43. The lowest BCUT2D eigenvalue weighted by molar-refractivity contribution is 0.303. The Kier molecular flexibility index (Phi) is 7.08. The van der Waals surface area contributed by atoms with Gasteiger partial charge in [0.05, 0.1) is 0 Å². The first-order valence-corrected chi connectivity index (χ1v) is 6.48. The minimum atomic E-state index is -3.88. The second-order valence-corrected chi connectivity index (χ2v) is 4.60. The van der Waals surface area contributed by atoms with Crippen molar-refractivity contribution in [1.29, 1.82) is 0 Å². The first-order chi connectivity index (χ1) is 6.49. The van der Waals surface area contributed by atoms with Crippen molar-refractivity contribution in [2.75, 3.05) is 32.1 Å². The van der Waals surface area contributed by atoms with Gasteiger partial charge in [-0.25, -0.2) is 0 Å². The minimum Gasteiger partial charge on any atom is -0.316 e. The van der Waals surface area contributed by atoms with Gasteiger partial charge >= 0.3 is 0 Å². The monoisotopic (exact) mass is 224 g/mol. The van der Waals surface area contributed by atoms with Crippen LogP contribution in [0.4, 0.5) is 0 Å². The lowest BCUT2D eigenvalue weighted by atomic mass is 10.4. The maximum Gasteiger partial charge on any atom is 0.278 e. The summed E-state index contributed by atoms with van der Waals surface area (Å²) in [6, 6.07) is 0. The minimum absolute atomic E-state index is 0.272. The van der Waals surface area contributed by atoms with Crippen LogP contribution >= 0.6 is 0 Å². The second-order valence-electron chi connectivity index (χ2n) is 3.18. The Morgan fingerprint density at radius 1 is 1.29 bits per heavy atom. The first-order valence-electron chi connectivity index (χ1n) is 4.87. The Labute approximate surface area is 86.2 Å². The lowest BCUT2D eigenvalue weighted by Gasteiger charge is -2.19. The number of rotatable bonds is 8. The van der Waals surface area contributed by atoms with Gasteiger partial charge in [-0.1, -0.05) is 13.8 Å². The number of hydrogen-bond acceptors (Lipinski definition) is 4. The summed E-state index contributed by atoms with van der Waals surface area (Å²) in [6.45, 7) is 6.90. The Morgan fingerprint density at radius 2 is 1.93 bits per heavy atom. The van der Waals surface area contributed by atoms with Crippen molar-refractivity contribution in [3.8, 4) is 0 Å². The van der Waals surface area contributed by atoms with Crippen LogP contribution in [-0.4, -0.2) is 49.9 Å². The summed E-state index contributed by atoms with van der Waals surface area (Å²) in [6.07, 6.45) is 0.877. The van der Waals surface area contributed by atoms with Gasteiger partial charge in [0.1, 0.15) is 5.88 Å². The molecule has 0 aliphatic heterocycles. The molecule has 0 atom stereocenters. The number of nitrogens with one attached hydrogen (secondary N) is 1. The van der Waals surface area contributed by atoms with Crippen LogP contribution in [0.15, 0.2) is 0 Å². The van der Waals surface area contributed by atoms with Gasteiger partial charge in [-0.15, -0.1) is 0 Å². The molecule has 0 bridgehead atoms. The van der Waals surface area contributed by atoms with Gasteiger partial charge < -0.3 is 5.32 Å². The predicted molar refractivity (Wildman–Crippen MR) is 56.8 cm³/mol. The molecule has 6 heteroatoms. The summed E-state index contributed by atoms with van der Waals surface area (Å²) in [5.74, 6) is -0.272. The van der Waals surface area contributed by atoms with Crippen LogP contribution in [0.2, 0.25) is 0 Å². The summed E-state index contributed by atoms with van der Waals surface area (Å²) in [5.41, 5.74) is 0. The van der Waals surface area contributed by atoms with Gasteiger partial charge in [-0.2, -0.15) is 8.42 Å². The number of hydrogen-bond donors (Lipinski definition) is 2. The van der Waals surface area contributed by atoms with Crippen molar-refractivity contribution in [2.45, 2.75) is 20.3 Å². The predicted octanol–water partition coefficient (Wildman–Crippen LogP) is 0.153. The van der Waals surface area contributed by atoms with E-state index in [1.807, 2.05) is 13.8 Å². The van der Waals surface area contributed by atoms with Crippen LogP contribution in [0.5, 0.6) is 0 Å². The van der Waals surface area contributed by atoms with Crippen LogP contribution in [0.1, 0.15) is 20.3 Å². The molecular formula is C8H20N2O3S. The van der Waals surface area contributed by atoms with Gasteiger partial charge in [0.15, 0.2) is 0 Å². The van der Waals surface area contributed by atoms with Crippen LogP contribution < -0.4 is 5.32 Å². The SMILES string of the molecule is CCCN(CCNCC)CS(=O)(=O)O. The molecule has 2 N–H and O–H groups in total. The Balaban J connectivity index is 3.89. The Hall–Kier alpha value is -0.170. The third kappa shape index (κ3) is 8.43. The highest BCUT2D eigenvalue weighted by atomic mass is 32.2. The molecule has 0 amide bonds. The van der Waals surface area contributed by atoms with E-state index in [1.165, 1.54) is 0 Å². The van der Waals surface area contributed by atoms with Crippen LogP contribution in [0.25, 0.3) is 0 Å². The average molecular weight is 224 g/mol. The summed E-state index contributed by atoms with van der Waals surface area (Å²) >= 11 is 0. The van der Waals surface area contributed by atoms with E-state index >= 15 is 0 Å². The van der Waals surface area contributed by atoms with Gasteiger partial charge in [0.2, 0.25) is 0 Å². The number of nitrogens with zero attached hydrogens (tertiary/aromatic N) is 1. The van der Waals surface area contributed by atoms with E-state index in [-0.39, 0.29) is 5.88 Å². The normalized spacial score (nSPS) is 12.3. The van der Waals surface area contributed by atoms with Crippen molar-refractivity contribution in [3.63, 3.8) is 0 Å². The van der Waals surface area contributed by atoms with Crippen LogP contribution in [-0.2, 0) is 10.1 Å². The van der Waals surface area contributed by atoms with Crippen molar-refractivity contribution in [3.05, 3.63) is 0 Å².